The molecule has 0 saturated carbocycles. The molecule has 14 heavy (non-hydrogen) atoms. The van der Waals surface area contributed by atoms with Crippen molar-refractivity contribution < 1.29 is 9.47 Å². The first-order valence-corrected chi connectivity index (χ1v) is 5.89. The van der Waals surface area contributed by atoms with E-state index >= 15 is 0 Å². The van der Waals surface area contributed by atoms with Crippen LogP contribution < -0.4 is 0 Å². The van der Waals surface area contributed by atoms with E-state index in [4.69, 9.17) is 9.47 Å². The molecule has 0 amide bonds. The van der Waals surface area contributed by atoms with E-state index in [1.54, 1.807) is 0 Å². The summed E-state index contributed by atoms with van der Waals surface area (Å²) in [5.41, 5.74) is 0.00924. The molecule has 0 aromatic rings. The SMILES string of the molecule is C[C@H]1CCC[C@@]2(CCCC(C)(C)O2)O1. The van der Waals surface area contributed by atoms with Gasteiger partial charge in [-0.05, 0) is 46.5 Å². The molecule has 1 spiro atoms. The van der Waals surface area contributed by atoms with Gasteiger partial charge in [0.2, 0.25) is 0 Å². The van der Waals surface area contributed by atoms with E-state index in [1.165, 1.54) is 19.3 Å². The maximum absolute atomic E-state index is 6.15. The summed E-state index contributed by atoms with van der Waals surface area (Å²) in [5, 5.41) is 0. The van der Waals surface area contributed by atoms with Gasteiger partial charge in [0, 0.05) is 12.8 Å². The van der Waals surface area contributed by atoms with Crippen LogP contribution in [0.1, 0.15) is 59.3 Å². The highest BCUT2D eigenvalue weighted by Gasteiger charge is 2.44. The van der Waals surface area contributed by atoms with E-state index in [-0.39, 0.29) is 11.4 Å². The number of ether oxygens (including phenoxy) is 2. The summed E-state index contributed by atoms with van der Waals surface area (Å²) in [5.74, 6) is -0.237. The second kappa shape index (κ2) is 3.49. The van der Waals surface area contributed by atoms with Gasteiger partial charge in [-0.25, -0.2) is 0 Å². The Morgan fingerprint density at radius 2 is 1.79 bits per heavy atom. The average Bonchev–Trinajstić information content (AvgIpc) is 2.00. The summed E-state index contributed by atoms with van der Waals surface area (Å²) in [4.78, 5) is 0. The van der Waals surface area contributed by atoms with Gasteiger partial charge in [-0.2, -0.15) is 0 Å². The largest absolute Gasteiger partial charge is 0.347 e. The molecule has 2 nitrogen and oxygen atoms in total. The summed E-state index contributed by atoms with van der Waals surface area (Å²) in [7, 11) is 0. The minimum absolute atomic E-state index is 0.00924. The third-order valence-corrected chi connectivity index (χ3v) is 3.38. The molecule has 0 aromatic heterocycles. The van der Waals surface area contributed by atoms with Crippen molar-refractivity contribution in [2.24, 2.45) is 0 Å². The maximum atomic E-state index is 6.15. The van der Waals surface area contributed by atoms with E-state index < -0.39 is 0 Å². The second-order valence-corrected chi connectivity index (χ2v) is 5.45. The highest BCUT2D eigenvalue weighted by molar-refractivity contribution is 4.86. The molecule has 2 aliphatic rings. The van der Waals surface area contributed by atoms with Crippen LogP contribution in [0.15, 0.2) is 0 Å². The van der Waals surface area contributed by atoms with Crippen LogP contribution in [0.4, 0.5) is 0 Å². The zero-order valence-corrected chi connectivity index (χ0v) is 9.64. The van der Waals surface area contributed by atoms with Gasteiger partial charge in [-0.15, -0.1) is 0 Å². The van der Waals surface area contributed by atoms with Crippen LogP contribution in [0, 0.1) is 0 Å². The molecule has 0 aromatic carbocycles. The van der Waals surface area contributed by atoms with Crippen LogP contribution in [0.25, 0.3) is 0 Å². The Labute approximate surface area is 87.0 Å². The molecule has 2 heterocycles. The Bertz CT molecular complexity index is 208. The van der Waals surface area contributed by atoms with Gasteiger partial charge >= 0.3 is 0 Å². The first-order valence-electron chi connectivity index (χ1n) is 5.89. The Morgan fingerprint density at radius 3 is 2.43 bits per heavy atom. The summed E-state index contributed by atoms with van der Waals surface area (Å²) in [6.07, 6.45) is 7.37. The van der Waals surface area contributed by atoms with Crippen molar-refractivity contribution in [3.05, 3.63) is 0 Å². The van der Waals surface area contributed by atoms with E-state index in [0.29, 0.717) is 6.10 Å². The molecule has 0 aliphatic carbocycles. The summed E-state index contributed by atoms with van der Waals surface area (Å²) in [6, 6.07) is 0. The van der Waals surface area contributed by atoms with Crippen LogP contribution in [0.3, 0.4) is 0 Å². The van der Waals surface area contributed by atoms with Gasteiger partial charge in [-0.1, -0.05) is 0 Å². The molecule has 0 unspecified atom stereocenters. The van der Waals surface area contributed by atoms with Crippen molar-refractivity contribution in [2.75, 3.05) is 0 Å². The molecule has 0 radical (unpaired) electrons. The highest BCUT2D eigenvalue weighted by atomic mass is 16.7. The summed E-state index contributed by atoms with van der Waals surface area (Å²) >= 11 is 0. The molecule has 2 fully saturated rings. The van der Waals surface area contributed by atoms with E-state index in [0.717, 1.165) is 19.3 Å². The lowest BCUT2D eigenvalue weighted by atomic mass is 9.89. The lowest BCUT2D eigenvalue weighted by Crippen LogP contribution is -2.50. The third kappa shape index (κ3) is 2.12. The second-order valence-electron chi connectivity index (χ2n) is 5.45. The zero-order valence-electron chi connectivity index (χ0n) is 9.64. The molecule has 2 saturated heterocycles. The van der Waals surface area contributed by atoms with Crippen molar-refractivity contribution in [3.63, 3.8) is 0 Å². The lowest BCUT2D eigenvalue weighted by molar-refractivity contribution is -0.332. The molecular formula is C12H22O2. The van der Waals surface area contributed by atoms with Crippen LogP contribution in [-0.2, 0) is 9.47 Å². The monoisotopic (exact) mass is 198 g/mol. The summed E-state index contributed by atoms with van der Waals surface area (Å²) < 4.78 is 12.2. The molecule has 0 bridgehead atoms. The van der Waals surface area contributed by atoms with Crippen molar-refractivity contribution in [3.8, 4) is 0 Å². The topological polar surface area (TPSA) is 18.5 Å². The lowest BCUT2D eigenvalue weighted by Gasteiger charge is -2.48. The van der Waals surface area contributed by atoms with Crippen molar-refractivity contribution in [1.82, 2.24) is 0 Å². The highest BCUT2D eigenvalue weighted by Crippen LogP contribution is 2.42. The van der Waals surface area contributed by atoms with Crippen LogP contribution in [0.2, 0.25) is 0 Å². The molecular weight excluding hydrogens is 176 g/mol. The zero-order chi connectivity index (χ0) is 10.2. The van der Waals surface area contributed by atoms with Gasteiger partial charge < -0.3 is 9.47 Å². The Kier molecular flexibility index (Phi) is 2.61. The van der Waals surface area contributed by atoms with Crippen LogP contribution >= 0.6 is 0 Å². The first kappa shape index (κ1) is 10.4. The van der Waals surface area contributed by atoms with Crippen molar-refractivity contribution >= 4 is 0 Å². The van der Waals surface area contributed by atoms with Gasteiger partial charge in [0.1, 0.15) is 0 Å². The third-order valence-electron chi connectivity index (χ3n) is 3.38. The van der Waals surface area contributed by atoms with Gasteiger partial charge in [-0.3, -0.25) is 0 Å². The number of hydrogen-bond acceptors (Lipinski definition) is 2. The van der Waals surface area contributed by atoms with E-state index in [9.17, 15) is 0 Å². The fourth-order valence-corrected chi connectivity index (χ4v) is 2.79. The van der Waals surface area contributed by atoms with Crippen LogP contribution in [-0.4, -0.2) is 17.5 Å². The van der Waals surface area contributed by atoms with Gasteiger partial charge in [0.25, 0.3) is 0 Å². The predicted molar refractivity (Wildman–Crippen MR) is 56.1 cm³/mol. The Morgan fingerprint density at radius 1 is 1.07 bits per heavy atom. The molecule has 82 valence electrons. The molecule has 2 aliphatic heterocycles. The van der Waals surface area contributed by atoms with E-state index in [2.05, 4.69) is 20.8 Å². The first-order chi connectivity index (χ1) is 6.52. The average molecular weight is 198 g/mol. The minimum Gasteiger partial charge on any atom is -0.347 e. The number of hydrogen-bond donors (Lipinski definition) is 0. The molecule has 2 atom stereocenters. The predicted octanol–water partition coefficient (Wildman–Crippen LogP) is 3.25. The molecule has 0 N–H and O–H groups in total. The summed E-state index contributed by atoms with van der Waals surface area (Å²) in [6.45, 7) is 6.51. The minimum atomic E-state index is -0.237. The van der Waals surface area contributed by atoms with Crippen molar-refractivity contribution in [2.45, 2.75) is 76.8 Å². The standard InChI is InChI=1S/C12H22O2/c1-10-6-4-8-12(13-10)9-5-7-11(2,3)14-12/h10H,4-9H2,1-3H3/t10-,12+/m0/s1. The Balaban J connectivity index is 2.06. The molecule has 2 rings (SSSR count). The Hall–Kier alpha value is -0.0800. The van der Waals surface area contributed by atoms with Gasteiger partial charge in [0.05, 0.1) is 11.7 Å². The fraction of sp³-hybridized carbons (Fsp3) is 1.00. The quantitative estimate of drug-likeness (QED) is 0.595. The smallest absolute Gasteiger partial charge is 0.169 e. The normalized spacial score (nSPS) is 42.6. The van der Waals surface area contributed by atoms with Crippen LogP contribution in [0.5, 0.6) is 0 Å². The molecule has 2 heteroatoms. The van der Waals surface area contributed by atoms with Crippen molar-refractivity contribution in [1.29, 1.82) is 0 Å². The maximum Gasteiger partial charge on any atom is 0.169 e. The fourth-order valence-electron chi connectivity index (χ4n) is 2.79. The number of rotatable bonds is 0. The van der Waals surface area contributed by atoms with E-state index in [1.807, 2.05) is 0 Å². The van der Waals surface area contributed by atoms with Gasteiger partial charge in [0.15, 0.2) is 5.79 Å².